The third-order valence-corrected chi connectivity index (χ3v) is 6.00. The molecule has 1 amide bonds. The van der Waals surface area contributed by atoms with Crippen LogP contribution in [0.2, 0.25) is 10.0 Å². The van der Waals surface area contributed by atoms with Gasteiger partial charge in [-0.25, -0.2) is 0 Å². The van der Waals surface area contributed by atoms with Gasteiger partial charge in [0.2, 0.25) is 5.91 Å². The molecule has 0 aliphatic rings. The Kier molecular flexibility index (Phi) is 6.83. The molecule has 6 nitrogen and oxygen atoms in total. The quantitative estimate of drug-likeness (QED) is 0.410. The number of aromatic nitrogens is 4. The largest absolute Gasteiger partial charge is 0.308 e. The molecular formula is C17H15BrCl2IN5O. The van der Waals surface area contributed by atoms with Crippen LogP contribution >= 0.6 is 61.7 Å². The van der Waals surface area contributed by atoms with Crippen molar-refractivity contribution in [2.75, 3.05) is 5.32 Å². The molecule has 142 valence electrons. The average molecular weight is 583 g/mol. The summed E-state index contributed by atoms with van der Waals surface area (Å²) in [6.07, 6.45) is 4.02. The number of hydrogen-bond acceptors (Lipinski definition) is 3. The van der Waals surface area contributed by atoms with Crippen LogP contribution in [0.25, 0.3) is 0 Å². The van der Waals surface area contributed by atoms with Gasteiger partial charge in [0.1, 0.15) is 0 Å². The summed E-state index contributed by atoms with van der Waals surface area (Å²) >= 11 is 17.8. The Morgan fingerprint density at radius 3 is 2.70 bits per heavy atom. The van der Waals surface area contributed by atoms with Crippen LogP contribution in [0.1, 0.15) is 17.7 Å². The molecule has 1 N–H and O–H groups in total. The van der Waals surface area contributed by atoms with Crippen molar-refractivity contribution in [3.63, 3.8) is 0 Å². The molecular weight excluding hydrogens is 568 g/mol. The summed E-state index contributed by atoms with van der Waals surface area (Å²) < 4.78 is 5.25. The zero-order valence-corrected chi connectivity index (χ0v) is 19.5. The van der Waals surface area contributed by atoms with Gasteiger partial charge in [-0.3, -0.25) is 14.2 Å². The fraction of sp³-hybridized carbons (Fsp3) is 0.235. The molecule has 0 saturated carbocycles. The zero-order valence-electron chi connectivity index (χ0n) is 14.2. The molecule has 2 heterocycles. The molecule has 0 radical (unpaired) electrons. The molecule has 3 rings (SSSR count). The van der Waals surface area contributed by atoms with E-state index in [0.29, 0.717) is 39.8 Å². The van der Waals surface area contributed by atoms with Crippen LogP contribution in [0.5, 0.6) is 0 Å². The minimum absolute atomic E-state index is 0.131. The summed E-state index contributed by atoms with van der Waals surface area (Å²) in [7, 11) is 0. The lowest BCUT2D eigenvalue weighted by Gasteiger charge is -2.05. The van der Waals surface area contributed by atoms with E-state index in [1.54, 1.807) is 27.7 Å². The number of rotatable bonds is 6. The molecule has 0 unspecified atom stereocenters. The van der Waals surface area contributed by atoms with E-state index in [9.17, 15) is 4.79 Å². The summed E-state index contributed by atoms with van der Waals surface area (Å²) in [5, 5.41) is 12.7. The Hall–Kier alpha value is -1.10. The highest BCUT2D eigenvalue weighted by Crippen LogP contribution is 2.24. The molecule has 2 aromatic heterocycles. The second-order valence-electron chi connectivity index (χ2n) is 5.88. The predicted octanol–water partition coefficient (Wildman–Crippen LogP) is 5.14. The van der Waals surface area contributed by atoms with Gasteiger partial charge in [0.05, 0.1) is 20.3 Å². The highest BCUT2D eigenvalue weighted by atomic mass is 127. The number of nitrogens with one attached hydrogen (secondary N) is 1. The molecule has 0 aliphatic heterocycles. The first-order valence-corrected chi connectivity index (χ1v) is 10.6. The number of anilines is 1. The second-order valence-corrected chi connectivity index (χ2v) is 8.74. The first kappa shape index (κ1) is 20.6. The van der Waals surface area contributed by atoms with Gasteiger partial charge in [-0.1, -0.05) is 29.3 Å². The number of halogens is 4. The molecule has 0 aliphatic carbocycles. The summed E-state index contributed by atoms with van der Waals surface area (Å²) in [6.45, 7) is 2.92. The topological polar surface area (TPSA) is 64.7 Å². The second kappa shape index (κ2) is 8.93. The fourth-order valence-corrected chi connectivity index (χ4v) is 3.72. The molecule has 0 atom stereocenters. The van der Waals surface area contributed by atoms with Crippen molar-refractivity contribution in [2.45, 2.75) is 26.4 Å². The van der Waals surface area contributed by atoms with Gasteiger partial charge in [-0.15, -0.1) is 0 Å². The minimum Gasteiger partial charge on any atom is -0.308 e. The highest BCUT2D eigenvalue weighted by molar-refractivity contribution is 14.1. The summed E-state index contributed by atoms with van der Waals surface area (Å²) in [6, 6.07) is 5.33. The monoisotopic (exact) mass is 581 g/mol. The lowest BCUT2D eigenvalue weighted by molar-refractivity contribution is -0.116. The van der Waals surface area contributed by atoms with Crippen LogP contribution in [-0.4, -0.2) is 25.5 Å². The van der Waals surface area contributed by atoms with Gasteiger partial charge in [0.25, 0.3) is 0 Å². The van der Waals surface area contributed by atoms with Crippen molar-refractivity contribution in [1.82, 2.24) is 19.6 Å². The van der Waals surface area contributed by atoms with Crippen LogP contribution in [0, 0.1) is 10.5 Å². The van der Waals surface area contributed by atoms with E-state index in [4.69, 9.17) is 23.2 Å². The molecule has 0 spiro atoms. The first-order valence-electron chi connectivity index (χ1n) is 7.98. The van der Waals surface area contributed by atoms with E-state index < -0.39 is 0 Å². The van der Waals surface area contributed by atoms with Crippen molar-refractivity contribution >= 4 is 73.4 Å². The Morgan fingerprint density at radius 2 is 2.04 bits per heavy atom. The maximum atomic E-state index is 12.2. The van der Waals surface area contributed by atoms with E-state index in [0.717, 1.165) is 14.8 Å². The van der Waals surface area contributed by atoms with Gasteiger partial charge in [-0.05, 0) is 63.1 Å². The molecule has 0 bridgehead atoms. The third-order valence-electron chi connectivity index (χ3n) is 3.78. The molecule has 1 aromatic carbocycles. The minimum atomic E-state index is -0.131. The van der Waals surface area contributed by atoms with E-state index in [1.165, 1.54) is 0 Å². The lowest BCUT2D eigenvalue weighted by atomic mass is 10.2. The predicted molar refractivity (Wildman–Crippen MR) is 118 cm³/mol. The van der Waals surface area contributed by atoms with Gasteiger partial charge in [-0.2, -0.15) is 10.2 Å². The summed E-state index contributed by atoms with van der Waals surface area (Å²) in [4.78, 5) is 12.2. The van der Waals surface area contributed by atoms with E-state index in [1.807, 2.05) is 19.2 Å². The fourth-order valence-electron chi connectivity index (χ4n) is 2.41. The van der Waals surface area contributed by atoms with Crippen LogP contribution < -0.4 is 5.32 Å². The van der Waals surface area contributed by atoms with Crippen molar-refractivity contribution in [3.05, 3.63) is 59.9 Å². The van der Waals surface area contributed by atoms with E-state index in [2.05, 4.69) is 54.0 Å². The Labute approximate surface area is 188 Å². The van der Waals surface area contributed by atoms with Crippen molar-refractivity contribution in [3.8, 4) is 0 Å². The van der Waals surface area contributed by atoms with Crippen molar-refractivity contribution < 1.29 is 4.79 Å². The van der Waals surface area contributed by atoms with E-state index >= 15 is 0 Å². The third kappa shape index (κ3) is 5.46. The maximum absolute atomic E-state index is 12.2. The number of hydrogen-bond donors (Lipinski definition) is 1. The van der Waals surface area contributed by atoms with Crippen molar-refractivity contribution in [2.24, 2.45) is 0 Å². The lowest BCUT2D eigenvalue weighted by Crippen LogP contribution is -2.15. The highest BCUT2D eigenvalue weighted by Gasteiger charge is 2.12. The SMILES string of the molecule is Cc1nn(CCC(=O)Nc2nn(Cc3ccc(Cl)cc3Cl)cc2Br)cc1I. The zero-order chi connectivity index (χ0) is 19.6. The number of carbonyl (C=O) groups excluding carboxylic acids is 1. The molecule has 3 aromatic rings. The van der Waals surface area contributed by atoms with Crippen molar-refractivity contribution in [1.29, 1.82) is 0 Å². The van der Waals surface area contributed by atoms with Gasteiger partial charge >= 0.3 is 0 Å². The maximum Gasteiger partial charge on any atom is 0.227 e. The standard InChI is InChI=1S/C17H15BrCl2IN5O/c1-10-15(21)9-25(23-10)5-4-16(27)22-17-13(18)8-26(24-17)7-11-2-3-12(19)6-14(11)20/h2-3,6,8-9H,4-5,7H2,1H3,(H,22,24,27). The average Bonchev–Trinajstić information content (AvgIpc) is 3.10. The molecule has 27 heavy (non-hydrogen) atoms. The molecule has 0 saturated heterocycles. The number of aryl methyl sites for hydroxylation is 2. The molecule has 10 heteroatoms. The van der Waals surface area contributed by atoms with Crippen LogP contribution in [-0.2, 0) is 17.9 Å². The summed E-state index contributed by atoms with van der Waals surface area (Å²) in [5.74, 6) is 0.338. The van der Waals surface area contributed by atoms with Gasteiger partial charge in [0, 0.05) is 35.4 Å². The Morgan fingerprint density at radius 1 is 1.26 bits per heavy atom. The first-order chi connectivity index (χ1) is 12.8. The van der Waals surface area contributed by atoms with Crippen LogP contribution in [0.3, 0.4) is 0 Å². The number of benzene rings is 1. The Bertz CT molecular complexity index is 968. The summed E-state index contributed by atoms with van der Waals surface area (Å²) in [5.41, 5.74) is 1.84. The Balaban J connectivity index is 1.61. The smallest absolute Gasteiger partial charge is 0.227 e. The molecule has 0 fully saturated rings. The normalized spacial score (nSPS) is 11.0. The van der Waals surface area contributed by atoms with Crippen LogP contribution in [0.15, 0.2) is 35.1 Å². The van der Waals surface area contributed by atoms with Gasteiger partial charge < -0.3 is 5.32 Å². The van der Waals surface area contributed by atoms with Crippen LogP contribution in [0.4, 0.5) is 5.82 Å². The number of amides is 1. The van der Waals surface area contributed by atoms with E-state index in [-0.39, 0.29) is 5.91 Å². The van der Waals surface area contributed by atoms with Gasteiger partial charge in [0.15, 0.2) is 5.82 Å². The number of nitrogens with zero attached hydrogens (tertiary/aromatic N) is 4. The number of carbonyl (C=O) groups is 1.